The van der Waals surface area contributed by atoms with E-state index in [2.05, 4.69) is 27.8 Å². The molecular weight excluding hydrogens is 238 g/mol. The Morgan fingerprint density at radius 2 is 1.89 bits per heavy atom. The van der Waals surface area contributed by atoms with Crippen LogP contribution in [0.4, 0.5) is 11.6 Å². The van der Waals surface area contributed by atoms with Crippen LogP contribution in [0, 0.1) is 0 Å². The number of aromatic nitrogens is 1. The van der Waals surface area contributed by atoms with Gasteiger partial charge in [0.25, 0.3) is 0 Å². The summed E-state index contributed by atoms with van der Waals surface area (Å²) in [7, 11) is 3.55. The van der Waals surface area contributed by atoms with Gasteiger partial charge in [-0.15, -0.1) is 0 Å². The fourth-order valence-corrected chi connectivity index (χ4v) is 1.84. The Morgan fingerprint density at radius 3 is 2.68 bits per heavy atom. The third-order valence-electron chi connectivity index (χ3n) is 2.86. The van der Waals surface area contributed by atoms with Crippen LogP contribution in [0.25, 0.3) is 0 Å². The number of hydrogen-bond donors (Lipinski definition) is 2. The van der Waals surface area contributed by atoms with Crippen molar-refractivity contribution in [1.29, 1.82) is 0 Å². The van der Waals surface area contributed by atoms with E-state index in [0.717, 1.165) is 30.4 Å². The number of pyridine rings is 1. The van der Waals surface area contributed by atoms with Crippen LogP contribution in [0.1, 0.15) is 5.56 Å². The lowest BCUT2D eigenvalue weighted by molar-refractivity contribution is 0.414. The second-order valence-electron chi connectivity index (χ2n) is 4.19. The van der Waals surface area contributed by atoms with Gasteiger partial charge in [0.2, 0.25) is 0 Å². The summed E-state index contributed by atoms with van der Waals surface area (Å²) in [5.41, 5.74) is 1.25. The van der Waals surface area contributed by atoms with Crippen molar-refractivity contribution < 1.29 is 4.74 Å². The first kappa shape index (κ1) is 13.2. The summed E-state index contributed by atoms with van der Waals surface area (Å²) in [6.07, 6.45) is 0.933. The number of nitrogens with one attached hydrogen (secondary N) is 2. The van der Waals surface area contributed by atoms with Crippen LogP contribution in [-0.4, -0.2) is 25.7 Å². The number of hydrogen-bond acceptors (Lipinski definition) is 4. The predicted molar refractivity (Wildman–Crippen MR) is 79.0 cm³/mol. The van der Waals surface area contributed by atoms with Gasteiger partial charge in [-0.25, -0.2) is 4.98 Å². The Labute approximate surface area is 113 Å². The lowest BCUT2D eigenvalue weighted by Gasteiger charge is -2.08. The van der Waals surface area contributed by atoms with Gasteiger partial charge in [0.15, 0.2) is 0 Å². The number of rotatable bonds is 6. The molecule has 0 radical (unpaired) electrons. The van der Waals surface area contributed by atoms with E-state index in [0.29, 0.717) is 0 Å². The molecular formula is C15H19N3O. The number of methoxy groups -OCH3 is 1. The lowest BCUT2D eigenvalue weighted by atomic mass is 10.1. The maximum Gasteiger partial charge on any atom is 0.128 e. The molecule has 0 fully saturated rings. The summed E-state index contributed by atoms with van der Waals surface area (Å²) < 4.78 is 5.21. The highest BCUT2D eigenvalue weighted by Gasteiger charge is 1.98. The van der Waals surface area contributed by atoms with Gasteiger partial charge < -0.3 is 15.4 Å². The molecule has 100 valence electrons. The van der Waals surface area contributed by atoms with Gasteiger partial charge in [-0.05, 0) is 36.2 Å². The zero-order valence-electron chi connectivity index (χ0n) is 11.3. The molecule has 2 aromatic rings. The highest BCUT2D eigenvalue weighted by molar-refractivity contribution is 5.44. The monoisotopic (exact) mass is 257 g/mol. The van der Waals surface area contributed by atoms with E-state index >= 15 is 0 Å². The van der Waals surface area contributed by atoms with Crippen LogP contribution < -0.4 is 15.4 Å². The Hall–Kier alpha value is -2.23. The van der Waals surface area contributed by atoms with Crippen molar-refractivity contribution in [3.63, 3.8) is 0 Å². The van der Waals surface area contributed by atoms with Crippen molar-refractivity contribution in [2.75, 3.05) is 31.3 Å². The van der Waals surface area contributed by atoms with E-state index in [1.54, 1.807) is 7.11 Å². The molecule has 4 heteroatoms. The number of benzene rings is 1. The van der Waals surface area contributed by atoms with Gasteiger partial charge in [-0.2, -0.15) is 0 Å². The summed E-state index contributed by atoms with van der Waals surface area (Å²) in [6.45, 7) is 0.841. The van der Waals surface area contributed by atoms with Gasteiger partial charge in [-0.3, -0.25) is 0 Å². The normalized spacial score (nSPS) is 10.0. The molecule has 0 saturated heterocycles. The van der Waals surface area contributed by atoms with Crippen LogP contribution in [0.3, 0.4) is 0 Å². The van der Waals surface area contributed by atoms with Crippen molar-refractivity contribution in [2.45, 2.75) is 6.42 Å². The molecule has 0 aliphatic heterocycles. The average molecular weight is 257 g/mol. The van der Waals surface area contributed by atoms with Gasteiger partial charge in [0.05, 0.1) is 7.11 Å². The SMILES string of the molecule is CNc1cccc(NCCc2cccc(OC)c2)n1. The first-order valence-corrected chi connectivity index (χ1v) is 6.33. The number of ether oxygens (including phenoxy) is 1. The predicted octanol–water partition coefficient (Wildman–Crippen LogP) is 2.79. The van der Waals surface area contributed by atoms with Crippen molar-refractivity contribution in [3.8, 4) is 5.75 Å². The van der Waals surface area contributed by atoms with E-state index in [1.807, 2.05) is 37.4 Å². The lowest BCUT2D eigenvalue weighted by Crippen LogP contribution is -2.07. The molecule has 2 rings (SSSR count). The number of anilines is 2. The van der Waals surface area contributed by atoms with E-state index in [4.69, 9.17) is 4.74 Å². The number of nitrogens with zero attached hydrogens (tertiary/aromatic N) is 1. The topological polar surface area (TPSA) is 46.2 Å². The Kier molecular flexibility index (Phi) is 4.61. The smallest absolute Gasteiger partial charge is 0.128 e. The molecule has 0 unspecified atom stereocenters. The Balaban J connectivity index is 1.88. The quantitative estimate of drug-likeness (QED) is 0.835. The van der Waals surface area contributed by atoms with Crippen molar-refractivity contribution in [1.82, 2.24) is 4.98 Å². The van der Waals surface area contributed by atoms with Gasteiger partial charge in [0, 0.05) is 13.6 Å². The van der Waals surface area contributed by atoms with Gasteiger partial charge in [-0.1, -0.05) is 18.2 Å². The maximum atomic E-state index is 5.21. The third kappa shape index (κ3) is 3.88. The van der Waals surface area contributed by atoms with Gasteiger partial charge in [0.1, 0.15) is 17.4 Å². The van der Waals surface area contributed by atoms with Crippen molar-refractivity contribution >= 4 is 11.6 Å². The van der Waals surface area contributed by atoms with E-state index in [1.165, 1.54) is 5.56 Å². The fraction of sp³-hybridized carbons (Fsp3) is 0.267. The molecule has 1 heterocycles. The summed E-state index contributed by atoms with van der Waals surface area (Å²) in [5.74, 6) is 2.65. The Bertz CT molecular complexity index is 481. The van der Waals surface area contributed by atoms with Crippen molar-refractivity contribution in [2.24, 2.45) is 0 Å². The second kappa shape index (κ2) is 6.64. The summed E-state index contributed by atoms with van der Waals surface area (Å²) >= 11 is 0. The van der Waals surface area contributed by atoms with Crippen LogP contribution >= 0.6 is 0 Å². The minimum absolute atomic E-state index is 0.841. The summed E-state index contributed by atoms with van der Waals surface area (Å²) in [4.78, 5) is 4.41. The molecule has 0 aliphatic carbocycles. The highest BCUT2D eigenvalue weighted by atomic mass is 16.5. The van der Waals surface area contributed by atoms with E-state index in [9.17, 15) is 0 Å². The third-order valence-corrected chi connectivity index (χ3v) is 2.86. The summed E-state index contributed by atoms with van der Waals surface area (Å²) in [5, 5.41) is 6.34. The molecule has 19 heavy (non-hydrogen) atoms. The first-order valence-electron chi connectivity index (χ1n) is 6.33. The molecule has 1 aromatic carbocycles. The highest BCUT2D eigenvalue weighted by Crippen LogP contribution is 2.13. The molecule has 0 bridgehead atoms. The zero-order valence-corrected chi connectivity index (χ0v) is 11.3. The molecule has 0 amide bonds. The van der Waals surface area contributed by atoms with E-state index < -0.39 is 0 Å². The minimum atomic E-state index is 0.841. The maximum absolute atomic E-state index is 5.21. The molecule has 0 atom stereocenters. The average Bonchev–Trinajstić information content (AvgIpc) is 2.48. The second-order valence-corrected chi connectivity index (χ2v) is 4.19. The minimum Gasteiger partial charge on any atom is -0.497 e. The largest absolute Gasteiger partial charge is 0.497 e. The molecule has 0 aliphatic rings. The molecule has 0 spiro atoms. The molecule has 2 N–H and O–H groups in total. The van der Waals surface area contributed by atoms with Crippen LogP contribution in [0.15, 0.2) is 42.5 Å². The van der Waals surface area contributed by atoms with Crippen LogP contribution in [0.2, 0.25) is 0 Å². The van der Waals surface area contributed by atoms with E-state index in [-0.39, 0.29) is 0 Å². The standard InChI is InChI=1S/C15H19N3O/c1-16-14-7-4-8-15(18-14)17-10-9-12-5-3-6-13(11-12)19-2/h3-8,11H,9-10H2,1-2H3,(H2,16,17,18). The zero-order chi connectivity index (χ0) is 13.5. The molecule has 0 saturated carbocycles. The first-order chi connectivity index (χ1) is 9.31. The van der Waals surface area contributed by atoms with Crippen molar-refractivity contribution in [3.05, 3.63) is 48.0 Å². The summed E-state index contributed by atoms with van der Waals surface area (Å²) in [6, 6.07) is 14.0. The Morgan fingerprint density at radius 1 is 1.11 bits per heavy atom. The molecule has 1 aromatic heterocycles. The molecule has 4 nitrogen and oxygen atoms in total. The fourth-order valence-electron chi connectivity index (χ4n) is 1.84. The van der Waals surface area contributed by atoms with Gasteiger partial charge >= 0.3 is 0 Å². The van der Waals surface area contributed by atoms with Crippen LogP contribution in [-0.2, 0) is 6.42 Å². The van der Waals surface area contributed by atoms with Crippen LogP contribution in [0.5, 0.6) is 5.75 Å².